The molecule has 5 heteroatoms. The van der Waals surface area contributed by atoms with E-state index < -0.39 is 0 Å². The lowest BCUT2D eigenvalue weighted by Gasteiger charge is -2.32. The summed E-state index contributed by atoms with van der Waals surface area (Å²) in [6.45, 7) is 12.5. The number of nitrogens with zero attached hydrogens (tertiary/aromatic N) is 3. The Balaban J connectivity index is 1.86. The minimum atomic E-state index is -0.191. The smallest absolute Gasteiger partial charge is 0.274 e. The van der Waals surface area contributed by atoms with Gasteiger partial charge in [0.15, 0.2) is 0 Å². The molecule has 1 saturated heterocycles. The molecular formula is C22H30N4O. The molecule has 1 N–H and O–H groups in total. The molecule has 1 fully saturated rings. The normalized spacial score (nSPS) is 17.7. The standard InChI is InChI=1S/C22H30N4O/c1-15-9-8-12-26(14-15)20-13-19(23-16(2)24-20)21(27)25-18-11-7-6-10-17(18)22(3,4)5/h6-7,10-11,13,15H,8-9,12,14H2,1-5H3,(H,25,27). The fraction of sp³-hybridized carbons (Fsp3) is 0.500. The fourth-order valence-electron chi connectivity index (χ4n) is 3.66. The molecule has 144 valence electrons. The van der Waals surface area contributed by atoms with Gasteiger partial charge in [-0.15, -0.1) is 0 Å². The van der Waals surface area contributed by atoms with E-state index in [0.29, 0.717) is 17.4 Å². The van der Waals surface area contributed by atoms with E-state index in [2.05, 4.69) is 53.9 Å². The number of amides is 1. The highest BCUT2D eigenvalue weighted by atomic mass is 16.1. The summed E-state index contributed by atoms with van der Waals surface area (Å²) in [5, 5.41) is 3.05. The monoisotopic (exact) mass is 366 g/mol. The number of anilines is 2. The Labute approximate surface area is 162 Å². The van der Waals surface area contributed by atoms with Crippen molar-refractivity contribution in [3.05, 3.63) is 47.4 Å². The van der Waals surface area contributed by atoms with Gasteiger partial charge in [0.25, 0.3) is 5.91 Å². The van der Waals surface area contributed by atoms with Crippen LogP contribution >= 0.6 is 0 Å². The lowest BCUT2D eigenvalue weighted by Crippen LogP contribution is -2.35. The molecule has 0 spiro atoms. The maximum Gasteiger partial charge on any atom is 0.274 e. The van der Waals surface area contributed by atoms with E-state index in [1.807, 2.05) is 31.2 Å². The second-order valence-electron chi connectivity index (χ2n) is 8.60. The summed E-state index contributed by atoms with van der Waals surface area (Å²) in [4.78, 5) is 24.2. The molecule has 1 unspecified atom stereocenters. The summed E-state index contributed by atoms with van der Waals surface area (Å²) in [5.41, 5.74) is 2.30. The van der Waals surface area contributed by atoms with Crippen LogP contribution in [-0.2, 0) is 5.41 Å². The molecule has 1 aromatic heterocycles. The van der Waals surface area contributed by atoms with Gasteiger partial charge in [0, 0.05) is 24.8 Å². The number of aromatic nitrogens is 2. The number of hydrogen-bond donors (Lipinski definition) is 1. The topological polar surface area (TPSA) is 58.1 Å². The van der Waals surface area contributed by atoms with Crippen LogP contribution in [0.2, 0.25) is 0 Å². The molecule has 5 nitrogen and oxygen atoms in total. The van der Waals surface area contributed by atoms with Gasteiger partial charge in [-0.25, -0.2) is 9.97 Å². The summed E-state index contributed by atoms with van der Waals surface area (Å²) in [7, 11) is 0. The summed E-state index contributed by atoms with van der Waals surface area (Å²) in [6.07, 6.45) is 2.40. The zero-order valence-electron chi connectivity index (χ0n) is 17.0. The van der Waals surface area contributed by atoms with E-state index in [9.17, 15) is 4.79 Å². The minimum absolute atomic E-state index is 0.0550. The van der Waals surface area contributed by atoms with Gasteiger partial charge in [0.1, 0.15) is 17.3 Å². The van der Waals surface area contributed by atoms with Crippen molar-refractivity contribution >= 4 is 17.4 Å². The molecule has 0 radical (unpaired) electrons. The molecule has 1 aliphatic rings. The molecule has 0 bridgehead atoms. The van der Waals surface area contributed by atoms with E-state index in [1.54, 1.807) is 0 Å². The number of piperidine rings is 1. The van der Waals surface area contributed by atoms with Crippen molar-refractivity contribution in [3.63, 3.8) is 0 Å². The van der Waals surface area contributed by atoms with Crippen LogP contribution in [0.25, 0.3) is 0 Å². The molecule has 1 aromatic carbocycles. The minimum Gasteiger partial charge on any atom is -0.356 e. The predicted octanol–water partition coefficient (Wildman–Crippen LogP) is 4.57. The highest BCUT2D eigenvalue weighted by molar-refractivity contribution is 6.03. The van der Waals surface area contributed by atoms with Crippen molar-refractivity contribution in [2.45, 2.75) is 52.9 Å². The Hall–Kier alpha value is -2.43. The van der Waals surface area contributed by atoms with Crippen LogP contribution in [0.5, 0.6) is 0 Å². The van der Waals surface area contributed by atoms with Crippen LogP contribution in [0.1, 0.15) is 62.4 Å². The number of aryl methyl sites for hydroxylation is 1. The second-order valence-corrected chi connectivity index (χ2v) is 8.60. The highest BCUT2D eigenvalue weighted by Gasteiger charge is 2.22. The van der Waals surface area contributed by atoms with E-state index in [1.165, 1.54) is 6.42 Å². The number of nitrogens with one attached hydrogen (secondary N) is 1. The van der Waals surface area contributed by atoms with E-state index in [4.69, 9.17) is 0 Å². The Morgan fingerprint density at radius 3 is 2.67 bits per heavy atom. The van der Waals surface area contributed by atoms with Gasteiger partial charge in [-0.2, -0.15) is 0 Å². The molecule has 1 amide bonds. The number of para-hydroxylation sites is 1. The third-order valence-corrected chi connectivity index (χ3v) is 5.02. The molecule has 1 aliphatic heterocycles. The van der Waals surface area contributed by atoms with Gasteiger partial charge < -0.3 is 10.2 Å². The van der Waals surface area contributed by atoms with Gasteiger partial charge >= 0.3 is 0 Å². The van der Waals surface area contributed by atoms with E-state index in [0.717, 1.165) is 36.6 Å². The van der Waals surface area contributed by atoms with Gasteiger partial charge in [-0.05, 0) is 42.7 Å². The van der Waals surface area contributed by atoms with Crippen molar-refractivity contribution < 1.29 is 4.79 Å². The van der Waals surface area contributed by atoms with Gasteiger partial charge in [0.2, 0.25) is 0 Å². The summed E-state index contributed by atoms with van der Waals surface area (Å²) < 4.78 is 0. The van der Waals surface area contributed by atoms with Gasteiger partial charge in [-0.3, -0.25) is 4.79 Å². The lowest BCUT2D eigenvalue weighted by molar-refractivity contribution is 0.102. The van der Waals surface area contributed by atoms with Crippen molar-refractivity contribution in [1.82, 2.24) is 9.97 Å². The van der Waals surface area contributed by atoms with Crippen molar-refractivity contribution in [2.24, 2.45) is 5.92 Å². The molecule has 0 saturated carbocycles. The summed E-state index contributed by atoms with van der Waals surface area (Å²) in [6, 6.07) is 9.76. The third kappa shape index (κ3) is 4.65. The second kappa shape index (κ2) is 7.67. The predicted molar refractivity (Wildman–Crippen MR) is 110 cm³/mol. The maximum absolute atomic E-state index is 12.9. The zero-order valence-corrected chi connectivity index (χ0v) is 17.0. The average Bonchev–Trinajstić information content (AvgIpc) is 2.60. The first kappa shape index (κ1) is 19.3. The lowest BCUT2D eigenvalue weighted by atomic mass is 9.86. The fourth-order valence-corrected chi connectivity index (χ4v) is 3.66. The van der Waals surface area contributed by atoms with E-state index >= 15 is 0 Å². The Bertz CT molecular complexity index is 825. The van der Waals surface area contributed by atoms with Crippen LogP contribution in [0.15, 0.2) is 30.3 Å². The number of hydrogen-bond acceptors (Lipinski definition) is 4. The maximum atomic E-state index is 12.9. The Morgan fingerprint density at radius 2 is 1.96 bits per heavy atom. The molecule has 3 rings (SSSR count). The van der Waals surface area contributed by atoms with Crippen LogP contribution in [-0.4, -0.2) is 29.0 Å². The van der Waals surface area contributed by atoms with Gasteiger partial charge in [0.05, 0.1) is 0 Å². The quantitative estimate of drug-likeness (QED) is 0.864. The zero-order chi connectivity index (χ0) is 19.6. The number of benzene rings is 1. The first-order chi connectivity index (χ1) is 12.7. The summed E-state index contributed by atoms with van der Waals surface area (Å²) in [5.74, 6) is 1.93. The van der Waals surface area contributed by atoms with Crippen molar-refractivity contribution in [3.8, 4) is 0 Å². The molecule has 2 heterocycles. The molecule has 27 heavy (non-hydrogen) atoms. The Morgan fingerprint density at radius 1 is 1.22 bits per heavy atom. The van der Waals surface area contributed by atoms with Crippen LogP contribution < -0.4 is 10.2 Å². The number of rotatable bonds is 3. The molecular weight excluding hydrogens is 336 g/mol. The SMILES string of the molecule is Cc1nc(C(=O)Nc2ccccc2C(C)(C)C)cc(N2CCCC(C)C2)n1. The first-order valence-electron chi connectivity index (χ1n) is 9.75. The van der Waals surface area contributed by atoms with Crippen LogP contribution in [0.3, 0.4) is 0 Å². The Kier molecular flexibility index (Phi) is 5.49. The largest absolute Gasteiger partial charge is 0.356 e. The molecule has 0 aliphatic carbocycles. The summed E-state index contributed by atoms with van der Waals surface area (Å²) >= 11 is 0. The van der Waals surface area contributed by atoms with E-state index in [-0.39, 0.29) is 11.3 Å². The number of carbonyl (C=O) groups excluding carboxylic acids is 1. The van der Waals surface area contributed by atoms with Crippen molar-refractivity contribution in [1.29, 1.82) is 0 Å². The first-order valence-corrected chi connectivity index (χ1v) is 9.75. The van der Waals surface area contributed by atoms with Crippen LogP contribution in [0.4, 0.5) is 11.5 Å². The van der Waals surface area contributed by atoms with Gasteiger partial charge in [-0.1, -0.05) is 45.9 Å². The average molecular weight is 367 g/mol. The van der Waals surface area contributed by atoms with Crippen LogP contribution in [0, 0.1) is 12.8 Å². The highest BCUT2D eigenvalue weighted by Crippen LogP contribution is 2.29. The third-order valence-electron chi connectivity index (χ3n) is 5.02. The molecule has 1 atom stereocenters. The van der Waals surface area contributed by atoms with Crippen molar-refractivity contribution in [2.75, 3.05) is 23.3 Å². The molecule has 2 aromatic rings. The number of carbonyl (C=O) groups is 1.